The van der Waals surface area contributed by atoms with Crippen molar-refractivity contribution in [1.82, 2.24) is 5.32 Å². The summed E-state index contributed by atoms with van der Waals surface area (Å²) in [5.74, 6) is -1.53. The van der Waals surface area contributed by atoms with Gasteiger partial charge >= 0.3 is 5.97 Å². The fourth-order valence-corrected chi connectivity index (χ4v) is 3.41. The summed E-state index contributed by atoms with van der Waals surface area (Å²) in [6.45, 7) is 0. The third-order valence-corrected chi connectivity index (χ3v) is 4.79. The van der Waals surface area contributed by atoms with Crippen LogP contribution in [-0.4, -0.2) is 23.0 Å². The number of carbonyl (C=O) groups excluding carboxylic acids is 1. The summed E-state index contributed by atoms with van der Waals surface area (Å²) in [5, 5.41) is 12.1. The van der Waals surface area contributed by atoms with Gasteiger partial charge in [-0.05, 0) is 43.4 Å². The molecule has 0 spiro atoms. The molecule has 1 aromatic rings. The minimum atomic E-state index is -0.804. The van der Waals surface area contributed by atoms with Gasteiger partial charge in [0.15, 0.2) is 0 Å². The fourth-order valence-electron chi connectivity index (χ4n) is 3.41. The van der Waals surface area contributed by atoms with Crippen molar-refractivity contribution in [2.45, 2.75) is 44.1 Å². The quantitative estimate of drug-likeness (QED) is 0.899. The summed E-state index contributed by atoms with van der Waals surface area (Å²) in [7, 11) is 0. The molecule has 2 aliphatic rings. The van der Waals surface area contributed by atoms with Gasteiger partial charge in [-0.15, -0.1) is 0 Å². The SMILES string of the molecule is O=C(O)C1CCCC(C(=O)NC2CC2c2cccc(F)c2)C1. The Labute approximate surface area is 128 Å². The van der Waals surface area contributed by atoms with Crippen molar-refractivity contribution in [3.05, 3.63) is 35.6 Å². The normalized spacial score (nSPS) is 30.6. The van der Waals surface area contributed by atoms with Gasteiger partial charge in [0.1, 0.15) is 5.82 Å². The van der Waals surface area contributed by atoms with Crippen molar-refractivity contribution in [2.75, 3.05) is 0 Å². The minimum Gasteiger partial charge on any atom is -0.481 e. The molecule has 0 saturated heterocycles. The molecule has 2 N–H and O–H groups in total. The monoisotopic (exact) mass is 305 g/mol. The molecule has 5 heteroatoms. The number of nitrogens with one attached hydrogen (secondary N) is 1. The van der Waals surface area contributed by atoms with Gasteiger partial charge in [0, 0.05) is 17.9 Å². The first-order valence-corrected chi connectivity index (χ1v) is 7.83. The Morgan fingerprint density at radius 1 is 1.18 bits per heavy atom. The average Bonchev–Trinajstić information content (AvgIpc) is 3.26. The molecule has 22 heavy (non-hydrogen) atoms. The van der Waals surface area contributed by atoms with E-state index in [-0.39, 0.29) is 29.6 Å². The van der Waals surface area contributed by atoms with Gasteiger partial charge in [0.25, 0.3) is 0 Å². The Bertz CT molecular complexity index is 589. The van der Waals surface area contributed by atoms with Gasteiger partial charge in [-0.2, -0.15) is 0 Å². The molecular formula is C17H20FNO3. The van der Waals surface area contributed by atoms with Crippen molar-refractivity contribution in [3.8, 4) is 0 Å². The lowest BCUT2D eigenvalue weighted by atomic mass is 9.81. The number of benzene rings is 1. The maximum atomic E-state index is 13.2. The predicted molar refractivity (Wildman–Crippen MR) is 78.8 cm³/mol. The van der Waals surface area contributed by atoms with Crippen molar-refractivity contribution >= 4 is 11.9 Å². The highest BCUT2D eigenvalue weighted by atomic mass is 19.1. The van der Waals surface area contributed by atoms with E-state index in [1.807, 2.05) is 6.07 Å². The highest BCUT2D eigenvalue weighted by Gasteiger charge is 2.41. The van der Waals surface area contributed by atoms with Gasteiger partial charge < -0.3 is 10.4 Å². The maximum absolute atomic E-state index is 13.2. The van der Waals surface area contributed by atoms with E-state index >= 15 is 0 Å². The van der Waals surface area contributed by atoms with Crippen LogP contribution in [0.1, 0.15) is 43.6 Å². The molecule has 2 fully saturated rings. The van der Waals surface area contributed by atoms with E-state index in [0.717, 1.165) is 24.8 Å². The Kier molecular flexibility index (Phi) is 4.14. The van der Waals surface area contributed by atoms with Crippen LogP contribution in [0.3, 0.4) is 0 Å². The van der Waals surface area contributed by atoms with Crippen LogP contribution in [0.5, 0.6) is 0 Å². The third-order valence-electron chi connectivity index (χ3n) is 4.79. The molecular weight excluding hydrogens is 285 g/mol. The number of carboxylic acid groups (broad SMARTS) is 1. The zero-order valence-corrected chi connectivity index (χ0v) is 12.3. The van der Waals surface area contributed by atoms with Gasteiger partial charge in [0.2, 0.25) is 5.91 Å². The predicted octanol–water partition coefficient (Wildman–Crippen LogP) is 2.69. The average molecular weight is 305 g/mol. The van der Waals surface area contributed by atoms with Crippen molar-refractivity contribution in [2.24, 2.45) is 11.8 Å². The van der Waals surface area contributed by atoms with Crippen LogP contribution in [0.2, 0.25) is 0 Å². The molecule has 118 valence electrons. The summed E-state index contributed by atoms with van der Waals surface area (Å²) >= 11 is 0. The number of hydrogen-bond acceptors (Lipinski definition) is 2. The lowest BCUT2D eigenvalue weighted by molar-refractivity contribution is -0.144. The van der Waals surface area contributed by atoms with E-state index in [4.69, 9.17) is 5.11 Å². The lowest BCUT2D eigenvalue weighted by Gasteiger charge is -2.25. The Hall–Kier alpha value is -1.91. The van der Waals surface area contributed by atoms with E-state index < -0.39 is 11.9 Å². The number of rotatable bonds is 4. The largest absolute Gasteiger partial charge is 0.481 e. The zero-order chi connectivity index (χ0) is 15.7. The summed E-state index contributed by atoms with van der Waals surface area (Å²) in [6.07, 6.45) is 3.46. The summed E-state index contributed by atoms with van der Waals surface area (Å²) < 4.78 is 13.2. The van der Waals surface area contributed by atoms with Crippen LogP contribution in [0.4, 0.5) is 4.39 Å². The number of amides is 1. The molecule has 0 radical (unpaired) electrons. The van der Waals surface area contributed by atoms with Crippen molar-refractivity contribution in [1.29, 1.82) is 0 Å². The zero-order valence-electron chi connectivity index (χ0n) is 12.3. The van der Waals surface area contributed by atoms with Gasteiger partial charge in [-0.1, -0.05) is 18.6 Å². The summed E-state index contributed by atoms with van der Waals surface area (Å²) in [4.78, 5) is 23.3. The first-order valence-electron chi connectivity index (χ1n) is 7.83. The molecule has 0 bridgehead atoms. The second-order valence-corrected chi connectivity index (χ2v) is 6.41. The Morgan fingerprint density at radius 3 is 2.68 bits per heavy atom. The van der Waals surface area contributed by atoms with Crippen LogP contribution in [0.25, 0.3) is 0 Å². The number of halogens is 1. The number of carbonyl (C=O) groups is 2. The molecule has 0 aromatic heterocycles. The van der Waals surface area contributed by atoms with Crippen LogP contribution < -0.4 is 5.32 Å². The molecule has 1 aromatic carbocycles. The molecule has 2 aliphatic carbocycles. The molecule has 3 rings (SSSR count). The van der Waals surface area contributed by atoms with E-state index in [0.29, 0.717) is 12.8 Å². The first-order chi connectivity index (χ1) is 10.5. The Morgan fingerprint density at radius 2 is 1.95 bits per heavy atom. The highest BCUT2D eigenvalue weighted by molar-refractivity contribution is 5.81. The van der Waals surface area contributed by atoms with Crippen molar-refractivity contribution in [3.63, 3.8) is 0 Å². The third kappa shape index (κ3) is 3.29. The number of aliphatic carboxylic acids is 1. The van der Waals surface area contributed by atoms with Crippen LogP contribution in [0, 0.1) is 17.7 Å². The van der Waals surface area contributed by atoms with Gasteiger partial charge in [-0.3, -0.25) is 9.59 Å². The van der Waals surface area contributed by atoms with E-state index in [9.17, 15) is 14.0 Å². The lowest BCUT2D eigenvalue weighted by Crippen LogP contribution is -2.36. The smallest absolute Gasteiger partial charge is 0.306 e. The molecule has 2 saturated carbocycles. The molecule has 0 heterocycles. The standard InChI is InChI=1S/C17H20FNO3/c18-13-6-2-3-10(8-13)14-9-15(14)19-16(20)11-4-1-5-12(7-11)17(21)22/h2-3,6,8,11-12,14-15H,1,4-5,7,9H2,(H,19,20)(H,21,22). The second-order valence-electron chi connectivity index (χ2n) is 6.41. The van der Waals surface area contributed by atoms with Gasteiger partial charge in [-0.25, -0.2) is 4.39 Å². The minimum absolute atomic E-state index is 0.0464. The van der Waals surface area contributed by atoms with E-state index in [1.165, 1.54) is 12.1 Å². The maximum Gasteiger partial charge on any atom is 0.306 e. The highest BCUT2D eigenvalue weighted by Crippen LogP contribution is 2.41. The van der Waals surface area contributed by atoms with Crippen LogP contribution in [-0.2, 0) is 9.59 Å². The van der Waals surface area contributed by atoms with E-state index in [1.54, 1.807) is 6.07 Å². The first kappa shape index (κ1) is 15.0. The topological polar surface area (TPSA) is 66.4 Å². The molecule has 4 nitrogen and oxygen atoms in total. The van der Waals surface area contributed by atoms with Crippen molar-refractivity contribution < 1.29 is 19.1 Å². The van der Waals surface area contributed by atoms with Crippen LogP contribution in [0.15, 0.2) is 24.3 Å². The van der Waals surface area contributed by atoms with Gasteiger partial charge in [0.05, 0.1) is 5.92 Å². The molecule has 4 atom stereocenters. The van der Waals surface area contributed by atoms with E-state index in [2.05, 4.69) is 5.32 Å². The Balaban J connectivity index is 1.54. The molecule has 1 amide bonds. The fraction of sp³-hybridized carbons (Fsp3) is 0.529. The second kappa shape index (κ2) is 6.07. The molecule has 4 unspecified atom stereocenters. The summed E-state index contributed by atoms with van der Waals surface area (Å²) in [5.41, 5.74) is 0.914. The number of hydrogen-bond donors (Lipinski definition) is 2. The number of carboxylic acids is 1. The summed E-state index contributed by atoms with van der Waals surface area (Å²) in [6, 6.07) is 6.53. The molecule has 0 aliphatic heterocycles. The van der Waals surface area contributed by atoms with Crippen LogP contribution >= 0.6 is 0 Å².